The number of hydrogen-bond donors (Lipinski definition) is 0. The van der Waals surface area contributed by atoms with Crippen LogP contribution in [0.15, 0.2) is 134 Å². The number of rotatable bonds is 0. The van der Waals surface area contributed by atoms with E-state index >= 15 is 0 Å². The summed E-state index contributed by atoms with van der Waals surface area (Å²) in [6, 6.07) is 44.5. The Bertz CT molecular complexity index is 2960. The van der Waals surface area contributed by atoms with Gasteiger partial charge in [0.1, 0.15) is 39.3 Å². The number of fused-ring (bicyclic) bond motifs is 8. The summed E-state index contributed by atoms with van der Waals surface area (Å²) in [4.78, 5) is 0. The highest BCUT2D eigenvalue weighted by molar-refractivity contribution is 6.15. The van der Waals surface area contributed by atoms with Gasteiger partial charge in [-0.25, -0.2) is 0 Å². The molecule has 5 heteroatoms. The van der Waals surface area contributed by atoms with Crippen LogP contribution >= 0.6 is 0 Å². The minimum Gasteiger partial charge on any atom is -0.456 e. The van der Waals surface area contributed by atoms with Crippen molar-refractivity contribution in [2.45, 2.75) is 5.66 Å². The third-order valence-corrected chi connectivity index (χ3v) is 11.1. The van der Waals surface area contributed by atoms with E-state index in [1.807, 2.05) is 0 Å². The molecule has 0 bridgehead atoms. The summed E-state index contributed by atoms with van der Waals surface area (Å²) in [5.41, 5.74) is 13.8. The van der Waals surface area contributed by atoms with Gasteiger partial charge in [0.2, 0.25) is 0 Å². The lowest BCUT2D eigenvalue weighted by molar-refractivity contribution is -0.954. The molecule has 5 aromatic carbocycles. The lowest BCUT2D eigenvalue weighted by Crippen LogP contribution is -2.78. The molecule has 0 N–H and O–H groups in total. The molecule has 210 valence electrons. The van der Waals surface area contributed by atoms with Crippen molar-refractivity contribution in [2.24, 2.45) is 0 Å². The first kappa shape index (κ1) is 22.3. The first-order valence-electron chi connectivity index (χ1n) is 15.9. The molecule has 0 aliphatic carbocycles. The smallest absolute Gasteiger partial charge is 0.321 e. The predicted octanol–water partition coefficient (Wildman–Crippen LogP) is 8.13. The molecule has 4 aromatic heterocycles. The Morgan fingerprint density at radius 1 is 0.478 bits per heavy atom. The van der Waals surface area contributed by atoms with Crippen LogP contribution in [0.5, 0.6) is 11.5 Å². The summed E-state index contributed by atoms with van der Waals surface area (Å²) < 4.78 is 17.1. The number of benzene rings is 5. The van der Waals surface area contributed by atoms with Gasteiger partial charge >= 0.3 is 5.66 Å². The van der Waals surface area contributed by atoms with Crippen LogP contribution in [-0.2, 0) is 5.66 Å². The van der Waals surface area contributed by atoms with Crippen LogP contribution < -0.4 is 13.9 Å². The molecule has 1 spiro atoms. The van der Waals surface area contributed by atoms with Gasteiger partial charge in [-0.15, -0.1) is 0 Å². The van der Waals surface area contributed by atoms with Gasteiger partial charge in [0.05, 0.1) is 23.2 Å². The summed E-state index contributed by atoms with van der Waals surface area (Å²) in [5, 5.41) is 5.00. The fourth-order valence-electron chi connectivity index (χ4n) is 9.58. The Morgan fingerprint density at radius 2 is 1.13 bits per heavy atom. The van der Waals surface area contributed by atoms with Gasteiger partial charge in [0.25, 0.3) is 11.3 Å². The molecule has 0 fully saturated rings. The lowest BCUT2D eigenvalue weighted by atomic mass is 9.80. The number of ether oxygens (including phenoxy) is 1. The second kappa shape index (κ2) is 7.03. The largest absolute Gasteiger partial charge is 0.456 e. The van der Waals surface area contributed by atoms with E-state index in [0.29, 0.717) is 0 Å². The summed E-state index contributed by atoms with van der Waals surface area (Å²) in [6.07, 6.45) is 4.57. The van der Waals surface area contributed by atoms with Gasteiger partial charge in [0, 0.05) is 21.9 Å². The van der Waals surface area contributed by atoms with Crippen molar-refractivity contribution in [3.05, 3.63) is 145 Å². The summed E-state index contributed by atoms with van der Waals surface area (Å²) >= 11 is 0. The zero-order valence-electron chi connectivity index (χ0n) is 24.4. The van der Waals surface area contributed by atoms with Crippen LogP contribution in [0.3, 0.4) is 0 Å². The van der Waals surface area contributed by atoms with E-state index in [-0.39, 0.29) is 0 Å². The molecule has 9 aromatic rings. The third kappa shape index (κ3) is 2.08. The second-order valence-corrected chi connectivity index (χ2v) is 12.9. The fraction of sp³-hybridized carbons (Fsp3) is 0.0244. The van der Waals surface area contributed by atoms with E-state index in [9.17, 15) is 0 Å². The van der Waals surface area contributed by atoms with Crippen LogP contribution in [-0.4, -0.2) is 9.13 Å². The molecule has 0 saturated carbocycles. The van der Waals surface area contributed by atoms with Gasteiger partial charge in [0.15, 0.2) is 5.69 Å². The van der Waals surface area contributed by atoms with Crippen molar-refractivity contribution in [1.29, 1.82) is 0 Å². The molecular formula is C41H22N4O+2. The number of nitrogens with zero attached hydrogens (tertiary/aromatic N) is 4. The first-order valence-corrected chi connectivity index (χ1v) is 15.9. The average molecular weight is 587 g/mol. The van der Waals surface area contributed by atoms with Crippen LogP contribution in [0, 0.1) is 0 Å². The van der Waals surface area contributed by atoms with Gasteiger partial charge in [-0.3, -0.25) is 0 Å². The van der Waals surface area contributed by atoms with Gasteiger partial charge < -0.3 is 4.74 Å². The minimum atomic E-state index is -0.738. The normalized spacial score (nSPS) is 17.0. The maximum atomic E-state index is 7.02. The van der Waals surface area contributed by atoms with Crippen LogP contribution in [0.1, 0.15) is 11.1 Å². The zero-order chi connectivity index (χ0) is 29.5. The van der Waals surface area contributed by atoms with Gasteiger partial charge in [-0.2, -0.15) is 18.3 Å². The molecule has 8 heterocycles. The van der Waals surface area contributed by atoms with E-state index in [1.54, 1.807) is 0 Å². The SMILES string of the molecule is c1ccc2c(c1)-c1ccc3c4c1-n1c5c-2cccc5c2ccc[n+](c21)C41c2c(cccc2-n2c4ccccc4c4ccc[n+]1c42)O3. The van der Waals surface area contributed by atoms with E-state index in [1.165, 1.54) is 77.4 Å². The van der Waals surface area contributed by atoms with Crippen LogP contribution in [0.25, 0.3) is 77.5 Å². The van der Waals surface area contributed by atoms with Crippen LogP contribution in [0.2, 0.25) is 0 Å². The quantitative estimate of drug-likeness (QED) is 0.165. The Morgan fingerprint density at radius 3 is 2.00 bits per heavy atom. The van der Waals surface area contributed by atoms with E-state index in [4.69, 9.17) is 4.74 Å². The highest BCUT2D eigenvalue weighted by atomic mass is 16.5. The van der Waals surface area contributed by atoms with Crippen molar-refractivity contribution in [3.8, 4) is 45.1 Å². The van der Waals surface area contributed by atoms with E-state index in [0.717, 1.165) is 22.7 Å². The Hall–Kier alpha value is -6.20. The standard InChI is InChI=1S/C41H22N4O/c1-2-10-24-23(9-1)26-12-5-13-27-30-15-8-22-43-40(30)45(37(26)27)38-28(24)19-20-34-36(38)41(43)35-32(17-6-18-33(35)46-34)44-31-16-4-3-11-25(31)29-14-7-21-42(41)39(29)44/h1-22H/q+2. The summed E-state index contributed by atoms with van der Waals surface area (Å²) in [5.74, 6) is 1.79. The molecular weight excluding hydrogens is 564 g/mol. The molecule has 13 rings (SSSR count). The van der Waals surface area contributed by atoms with E-state index < -0.39 is 5.66 Å². The topological polar surface area (TPSA) is 26.8 Å². The number of pyridine rings is 2. The molecule has 1 unspecified atom stereocenters. The molecule has 46 heavy (non-hydrogen) atoms. The van der Waals surface area contributed by atoms with Crippen molar-refractivity contribution in [3.63, 3.8) is 0 Å². The van der Waals surface area contributed by atoms with Gasteiger partial charge in [-0.1, -0.05) is 54.6 Å². The van der Waals surface area contributed by atoms with Crippen molar-refractivity contribution in [1.82, 2.24) is 9.13 Å². The number of hydrogen-bond acceptors (Lipinski definition) is 1. The van der Waals surface area contributed by atoms with Crippen molar-refractivity contribution in [2.75, 3.05) is 0 Å². The Balaban J connectivity index is 1.39. The summed E-state index contributed by atoms with van der Waals surface area (Å²) in [7, 11) is 0. The van der Waals surface area contributed by atoms with Crippen LogP contribution in [0.4, 0.5) is 0 Å². The predicted molar refractivity (Wildman–Crippen MR) is 178 cm³/mol. The highest BCUT2D eigenvalue weighted by Crippen LogP contribution is 2.58. The monoisotopic (exact) mass is 586 g/mol. The number of para-hydroxylation sites is 2. The Labute approximate surface area is 262 Å². The van der Waals surface area contributed by atoms with Crippen molar-refractivity contribution < 1.29 is 13.9 Å². The molecule has 0 saturated heterocycles. The molecule has 4 aliphatic heterocycles. The van der Waals surface area contributed by atoms with Gasteiger partial charge in [-0.05, 0) is 77.9 Å². The molecule has 1 atom stereocenters. The Kier molecular flexibility index (Phi) is 3.41. The first-order chi connectivity index (χ1) is 22.9. The second-order valence-electron chi connectivity index (χ2n) is 12.9. The van der Waals surface area contributed by atoms with Crippen molar-refractivity contribution >= 4 is 43.9 Å². The molecule has 0 radical (unpaired) electrons. The minimum absolute atomic E-state index is 0.738. The average Bonchev–Trinajstić information content (AvgIpc) is 3.59. The summed E-state index contributed by atoms with van der Waals surface area (Å²) in [6.45, 7) is 0. The maximum absolute atomic E-state index is 7.02. The molecule has 5 nitrogen and oxygen atoms in total. The molecule has 0 amide bonds. The fourth-order valence-corrected chi connectivity index (χ4v) is 9.58. The zero-order valence-corrected chi connectivity index (χ0v) is 24.4. The lowest BCUT2D eigenvalue weighted by Gasteiger charge is -2.41. The molecule has 4 aliphatic rings. The highest BCUT2D eigenvalue weighted by Gasteiger charge is 2.64. The van der Waals surface area contributed by atoms with E-state index in [2.05, 4.69) is 152 Å². The third-order valence-electron chi connectivity index (χ3n) is 11.1. The maximum Gasteiger partial charge on any atom is 0.321 e. The number of aromatic nitrogens is 4.